The molecule has 5 rings (SSSR count). The maximum atomic E-state index is 12.6. The van der Waals surface area contributed by atoms with Gasteiger partial charge in [-0.25, -0.2) is 4.79 Å². The molecule has 3 heterocycles. The monoisotopic (exact) mass is 682 g/mol. The van der Waals surface area contributed by atoms with Crippen molar-refractivity contribution in [2.45, 2.75) is 132 Å². The first-order valence-corrected chi connectivity index (χ1v) is 17.1. The zero-order valence-electron chi connectivity index (χ0n) is 27.5. The van der Waals surface area contributed by atoms with Gasteiger partial charge in [-0.3, -0.25) is 10.1 Å². The fourth-order valence-electron chi connectivity index (χ4n) is 8.23. The third-order valence-electron chi connectivity index (χ3n) is 11.2. The average Bonchev–Trinajstić information content (AvgIpc) is 3.56. The van der Waals surface area contributed by atoms with Crippen LogP contribution in [0.3, 0.4) is 0 Å². The maximum absolute atomic E-state index is 12.6. The number of carboxylic acid groups (broad SMARTS) is 1. The molecule has 5 aliphatic rings. The van der Waals surface area contributed by atoms with E-state index in [0.29, 0.717) is 44.9 Å². The molecule has 2 saturated carbocycles. The van der Waals surface area contributed by atoms with Gasteiger partial charge in [0.25, 0.3) is 0 Å². The van der Waals surface area contributed by atoms with E-state index in [1.165, 1.54) is 0 Å². The lowest BCUT2D eigenvalue weighted by Crippen LogP contribution is -2.75. The number of carbonyl (C=O) groups is 2. The predicted molar refractivity (Wildman–Crippen MR) is 169 cm³/mol. The van der Waals surface area contributed by atoms with Crippen LogP contribution in [0.1, 0.15) is 65.2 Å². The smallest absolute Gasteiger partial charge is 0.335 e. The largest absolute Gasteiger partial charge is 0.479 e. The SMILES string of the molecule is CC(C)C(CNC(O)C1(O)C(OC2CCC3C(C2)OC(C(N)=O)C(C2CCC(O)CC2)C3O)OC(C(=O)O)C(O)C1O)CC1=C[CH+]N=C1. The van der Waals surface area contributed by atoms with Crippen LogP contribution in [0, 0.1) is 36.1 Å². The minimum atomic E-state index is -2.70. The third-order valence-corrected chi connectivity index (χ3v) is 11.2. The first kappa shape index (κ1) is 37.1. The number of allylic oxidation sites excluding steroid dienone is 1. The van der Waals surface area contributed by atoms with Crippen molar-refractivity contribution in [3.63, 3.8) is 0 Å². The molecule has 15 nitrogen and oxygen atoms in total. The molecule has 270 valence electrons. The number of nitrogens with one attached hydrogen (secondary N) is 1. The highest BCUT2D eigenvalue weighted by Crippen LogP contribution is 2.46. The number of carbonyl (C=O) groups excluding carboxylic acids is 1. The zero-order chi connectivity index (χ0) is 34.9. The van der Waals surface area contributed by atoms with Crippen molar-refractivity contribution in [1.29, 1.82) is 0 Å². The number of amides is 1. The second-order valence-corrected chi connectivity index (χ2v) is 14.6. The van der Waals surface area contributed by atoms with Gasteiger partial charge in [0.05, 0.1) is 30.5 Å². The molecule has 0 aromatic rings. The number of aliphatic imine (C=N–C) groups is 1. The lowest BCUT2D eigenvalue weighted by atomic mass is 9.66. The molecule has 0 aromatic carbocycles. The first-order valence-electron chi connectivity index (χ1n) is 17.1. The summed E-state index contributed by atoms with van der Waals surface area (Å²) < 4.78 is 17.9. The van der Waals surface area contributed by atoms with Crippen LogP contribution in [0.25, 0.3) is 0 Å². The number of aliphatic hydroxyl groups excluding tert-OH is 5. The highest BCUT2D eigenvalue weighted by atomic mass is 16.7. The summed E-state index contributed by atoms with van der Waals surface area (Å²) >= 11 is 0. The number of carboxylic acids is 1. The lowest BCUT2D eigenvalue weighted by molar-refractivity contribution is -0.367. The summed E-state index contributed by atoms with van der Waals surface area (Å²) in [5, 5.41) is 78.9. The van der Waals surface area contributed by atoms with Crippen LogP contribution < -0.4 is 11.1 Å². The summed E-state index contributed by atoms with van der Waals surface area (Å²) in [5.74, 6) is -3.13. The standard InChI is InChI=1S/C33H51N3O12/c1-15(2)18(11-16-9-10-35-13-16)14-36-31(44)33(45)28(40)25(39)27(30(42)43)48-32(33)46-20-7-8-21-22(12-20)47-26(29(34)41)23(24(21)38)17-3-5-19(37)6-4-17/h9-10,13,15,17-28,31-32,36-40,44-45H,3-8,11-12,14H2,1-2H3,(H2-,34,41,42,43)/p+1. The summed E-state index contributed by atoms with van der Waals surface area (Å²) in [6.07, 6.45) is -6.46. The maximum Gasteiger partial charge on any atom is 0.335 e. The van der Waals surface area contributed by atoms with Gasteiger partial charge < -0.3 is 55.7 Å². The number of nitrogens with two attached hydrogens (primary N) is 1. The molecule has 3 aliphatic heterocycles. The van der Waals surface area contributed by atoms with E-state index in [1.54, 1.807) is 12.8 Å². The zero-order valence-corrected chi connectivity index (χ0v) is 27.5. The molecule has 15 heteroatoms. The van der Waals surface area contributed by atoms with Gasteiger partial charge in [0.2, 0.25) is 5.91 Å². The summed E-state index contributed by atoms with van der Waals surface area (Å²) in [6.45, 7) is 5.86. The van der Waals surface area contributed by atoms with E-state index in [2.05, 4.69) is 10.3 Å². The van der Waals surface area contributed by atoms with Gasteiger partial charge in [0.1, 0.15) is 36.7 Å². The molecule has 4 fully saturated rings. The second kappa shape index (κ2) is 15.4. The fraction of sp³-hybridized carbons (Fsp3) is 0.818. The number of rotatable bonds is 12. The van der Waals surface area contributed by atoms with E-state index in [9.17, 15) is 45.3 Å². The van der Waals surface area contributed by atoms with Crippen molar-refractivity contribution >= 4 is 18.1 Å². The summed E-state index contributed by atoms with van der Waals surface area (Å²) in [5.41, 5.74) is 4.03. The van der Waals surface area contributed by atoms with Gasteiger partial charge in [-0.2, -0.15) is 0 Å². The summed E-state index contributed by atoms with van der Waals surface area (Å²) in [6, 6.07) is 0. The highest BCUT2D eigenvalue weighted by molar-refractivity contribution is 5.82. The quantitative estimate of drug-likeness (QED) is 0.0882. The number of aliphatic carboxylic acids is 1. The van der Waals surface area contributed by atoms with Crippen LogP contribution in [-0.2, 0) is 23.8 Å². The van der Waals surface area contributed by atoms with Crippen molar-refractivity contribution in [3.8, 4) is 0 Å². The van der Waals surface area contributed by atoms with Crippen molar-refractivity contribution in [2.24, 2.45) is 40.3 Å². The highest BCUT2D eigenvalue weighted by Gasteiger charge is 2.62. The number of ether oxygens (including phenoxy) is 3. The molecule has 0 spiro atoms. The van der Waals surface area contributed by atoms with E-state index >= 15 is 0 Å². The first-order chi connectivity index (χ1) is 22.7. The Morgan fingerprint density at radius 2 is 1.79 bits per heavy atom. The van der Waals surface area contributed by atoms with Crippen molar-refractivity contribution in [2.75, 3.05) is 6.54 Å². The minimum Gasteiger partial charge on any atom is -0.479 e. The van der Waals surface area contributed by atoms with Crippen LogP contribution in [0.15, 0.2) is 16.6 Å². The molecule has 2 saturated heterocycles. The van der Waals surface area contributed by atoms with Gasteiger partial charge in [0.15, 0.2) is 24.2 Å². The molecule has 1 amide bonds. The van der Waals surface area contributed by atoms with Gasteiger partial charge in [0, 0.05) is 31.2 Å². The number of aliphatic hydroxyl groups is 6. The van der Waals surface area contributed by atoms with E-state index in [-0.39, 0.29) is 36.6 Å². The van der Waals surface area contributed by atoms with E-state index in [0.717, 1.165) is 5.57 Å². The van der Waals surface area contributed by atoms with Crippen LogP contribution >= 0.6 is 0 Å². The second-order valence-electron chi connectivity index (χ2n) is 14.6. The van der Waals surface area contributed by atoms with Crippen molar-refractivity contribution in [1.82, 2.24) is 5.32 Å². The molecular formula is C33H52N3O12+. The number of nitrogens with zero attached hydrogens (tertiary/aromatic N) is 1. The molecule has 13 atom stereocenters. The molecule has 0 bridgehead atoms. The summed E-state index contributed by atoms with van der Waals surface area (Å²) in [7, 11) is 0. The van der Waals surface area contributed by atoms with Gasteiger partial charge in [-0.1, -0.05) is 13.8 Å². The van der Waals surface area contributed by atoms with Crippen LogP contribution in [0.2, 0.25) is 0 Å². The number of fused-ring (bicyclic) bond motifs is 1. The average molecular weight is 683 g/mol. The number of primary amides is 1. The molecule has 13 unspecified atom stereocenters. The Kier molecular flexibility index (Phi) is 11.9. The Hall–Kier alpha value is -2.18. The Bertz CT molecular complexity index is 1190. The Balaban J connectivity index is 1.30. The Labute approximate surface area is 280 Å². The summed E-state index contributed by atoms with van der Waals surface area (Å²) in [4.78, 5) is 28.6. The molecule has 0 radical (unpaired) electrons. The lowest BCUT2D eigenvalue weighted by Gasteiger charge is -2.52. The molecule has 0 aromatic heterocycles. The van der Waals surface area contributed by atoms with E-state index < -0.39 is 84.7 Å². The predicted octanol–water partition coefficient (Wildman–Crippen LogP) is -1.04. The molecule has 2 aliphatic carbocycles. The van der Waals surface area contributed by atoms with Crippen LogP contribution in [0.5, 0.6) is 0 Å². The van der Waals surface area contributed by atoms with E-state index in [1.807, 2.05) is 19.9 Å². The topological polar surface area (TPSA) is 254 Å². The van der Waals surface area contributed by atoms with Crippen molar-refractivity contribution in [3.05, 3.63) is 18.2 Å². The molecular weight excluding hydrogens is 630 g/mol. The van der Waals surface area contributed by atoms with Gasteiger partial charge in [-0.05, 0) is 56.3 Å². The van der Waals surface area contributed by atoms with Crippen LogP contribution in [0.4, 0.5) is 0 Å². The van der Waals surface area contributed by atoms with E-state index in [4.69, 9.17) is 19.9 Å². The van der Waals surface area contributed by atoms with Crippen molar-refractivity contribution < 1.29 is 59.5 Å². The van der Waals surface area contributed by atoms with Gasteiger partial charge in [-0.15, -0.1) is 4.99 Å². The number of hydrogen-bond donors (Lipinski definition) is 9. The Morgan fingerprint density at radius 3 is 2.40 bits per heavy atom. The Morgan fingerprint density at radius 1 is 1.08 bits per heavy atom. The molecule has 48 heavy (non-hydrogen) atoms. The third kappa shape index (κ3) is 7.60. The number of hydrogen-bond acceptors (Lipinski definition) is 13. The fourth-order valence-corrected chi connectivity index (χ4v) is 8.23. The van der Waals surface area contributed by atoms with Gasteiger partial charge >= 0.3 is 5.97 Å². The normalized spacial score (nSPS) is 42.8. The minimum absolute atomic E-state index is 0.0315. The molecule has 10 N–H and O–H groups in total. The van der Waals surface area contributed by atoms with Crippen LogP contribution in [-0.4, -0.2) is 127 Å².